The van der Waals surface area contributed by atoms with Crippen LogP contribution in [-0.4, -0.2) is 0 Å². The summed E-state index contributed by atoms with van der Waals surface area (Å²) in [7, 11) is 0. The second-order valence-electron chi connectivity index (χ2n) is 13.3. The van der Waals surface area contributed by atoms with Crippen molar-refractivity contribution in [2.75, 3.05) is 9.80 Å². The number of nitrogens with zero attached hydrogens (tertiary/aromatic N) is 2. The first-order chi connectivity index (χ1) is 25.3. The molecule has 8 aromatic carbocycles. The van der Waals surface area contributed by atoms with E-state index in [-0.39, 0.29) is 0 Å². The van der Waals surface area contributed by atoms with E-state index in [1.54, 1.807) is 0 Å². The van der Waals surface area contributed by atoms with Crippen molar-refractivity contribution in [1.29, 1.82) is 0 Å². The molecule has 0 atom stereocenters. The van der Waals surface area contributed by atoms with Crippen LogP contribution in [0.4, 0.5) is 34.1 Å². The molecule has 0 amide bonds. The van der Waals surface area contributed by atoms with Gasteiger partial charge in [0.15, 0.2) is 0 Å². The fourth-order valence-electron chi connectivity index (χ4n) is 8.50. The maximum absolute atomic E-state index is 2.45. The minimum Gasteiger partial charge on any atom is -0.310 e. The van der Waals surface area contributed by atoms with Crippen LogP contribution in [0.5, 0.6) is 0 Å². The molecule has 0 bridgehead atoms. The number of benzene rings is 8. The number of para-hydroxylation sites is 4. The van der Waals surface area contributed by atoms with Crippen molar-refractivity contribution < 1.29 is 0 Å². The number of rotatable bonds is 4. The zero-order valence-corrected chi connectivity index (χ0v) is 28.0. The van der Waals surface area contributed by atoms with Crippen molar-refractivity contribution in [2.45, 2.75) is 5.41 Å². The van der Waals surface area contributed by atoms with Gasteiger partial charge in [0, 0.05) is 11.4 Å². The summed E-state index contributed by atoms with van der Waals surface area (Å²) in [6.07, 6.45) is 0. The van der Waals surface area contributed by atoms with Gasteiger partial charge in [-0.1, -0.05) is 158 Å². The fraction of sp³-hybridized carbons (Fsp3) is 0.0204. The largest absolute Gasteiger partial charge is 0.310 e. The van der Waals surface area contributed by atoms with Gasteiger partial charge in [-0.3, -0.25) is 0 Å². The van der Waals surface area contributed by atoms with E-state index in [9.17, 15) is 0 Å². The van der Waals surface area contributed by atoms with Crippen LogP contribution in [0.15, 0.2) is 206 Å². The molecule has 0 saturated carbocycles. The van der Waals surface area contributed by atoms with Crippen LogP contribution in [-0.2, 0) is 5.41 Å². The molecule has 2 aliphatic heterocycles. The van der Waals surface area contributed by atoms with Crippen LogP contribution in [0.1, 0.15) is 22.3 Å². The third-order valence-corrected chi connectivity index (χ3v) is 10.7. The molecule has 51 heavy (non-hydrogen) atoms. The number of hydrogen-bond acceptors (Lipinski definition) is 2. The number of hydrogen-bond donors (Lipinski definition) is 0. The second kappa shape index (κ2) is 11.8. The number of anilines is 6. The minimum absolute atomic E-state index is 0.540. The molecule has 0 radical (unpaired) electrons. The van der Waals surface area contributed by atoms with E-state index in [1.165, 1.54) is 67.3 Å². The summed E-state index contributed by atoms with van der Waals surface area (Å²) in [5, 5.41) is 0. The van der Waals surface area contributed by atoms with Gasteiger partial charge in [0.25, 0.3) is 0 Å². The summed E-state index contributed by atoms with van der Waals surface area (Å²) < 4.78 is 0. The van der Waals surface area contributed by atoms with Crippen LogP contribution in [0.25, 0.3) is 22.3 Å². The molecular formula is C49H34N2. The Balaban J connectivity index is 1.19. The molecule has 2 heteroatoms. The average Bonchev–Trinajstić information content (AvgIpc) is 3.22. The molecule has 0 aromatic heterocycles. The first kappa shape index (κ1) is 29.3. The van der Waals surface area contributed by atoms with Gasteiger partial charge in [0.05, 0.1) is 28.2 Å². The van der Waals surface area contributed by atoms with E-state index >= 15 is 0 Å². The van der Waals surface area contributed by atoms with Crippen molar-refractivity contribution >= 4 is 34.1 Å². The standard InChI is InChI=1S/C49H34N2/c1-3-15-35(16-4-1)37-27-31-39(32-28-37)50-45-23-11-7-19-41(45)49(42-20-8-12-24-46(42)50)43-21-9-13-25-47(43)51(48-26-14-10-22-44(48)49)40-33-29-38(30-34-40)36-17-5-2-6-18-36/h1-34H. The highest BCUT2D eigenvalue weighted by Crippen LogP contribution is 2.63. The topological polar surface area (TPSA) is 6.48 Å². The predicted molar refractivity (Wildman–Crippen MR) is 212 cm³/mol. The van der Waals surface area contributed by atoms with Gasteiger partial charge in [0.2, 0.25) is 0 Å². The van der Waals surface area contributed by atoms with Gasteiger partial charge < -0.3 is 9.80 Å². The van der Waals surface area contributed by atoms with E-state index in [2.05, 4.69) is 216 Å². The molecule has 2 nitrogen and oxygen atoms in total. The lowest BCUT2D eigenvalue weighted by Gasteiger charge is -2.51. The van der Waals surface area contributed by atoms with Crippen LogP contribution in [0, 0.1) is 0 Å². The van der Waals surface area contributed by atoms with Crippen LogP contribution in [0.3, 0.4) is 0 Å². The molecule has 2 heterocycles. The van der Waals surface area contributed by atoms with Crippen molar-refractivity contribution in [3.05, 3.63) is 229 Å². The molecule has 0 unspecified atom stereocenters. The summed E-state index contributed by atoms with van der Waals surface area (Å²) in [6, 6.07) is 75.2. The lowest BCUT2D eigenvalue weighted by atomic mass is 9.60. The minimum atomic E-state index is -0.540. The summed E-state index contributed by atoms with van der Waals surface area (Å²) in [4.78, 5) is 4.90. The monoisotopic (exact) mass is 650 g/mol. The quantitative estimate of drug-likeness (QED) is 0.187. The molecule has 0 fully saturated rings. The molecule has 0 N–H and O–H groups in total. The average molecular weight is 651 g/mol. The van der Waals surface area contributed by atoms with E-state index in [0.717, 1.165) is 11.4 Å². The van der Waals surface area contributed by atoms with Gasteiger partial charge in [-0.05, 0) is 93.0 Å². The van der Waals surface area contributed by atoms with Crippen molar-refractivity contribution in [1.82, 2.24) is 0 Å². The van der Waals surface area contributed by atoms with Crippen LogP contribution in [0.2, 0.25) is 0 Å². The molecule has 8 aromatic rings. The maximum atomic E-state index is 2.45. The van der Waals surface area contributed by atoms with Gasteiger partial charge in [0.1, 0.15) is 0 Å². The number of fused-ring (bicyclic) bond motifs is 8. The van der Waals surface area contributed by atoms with Crippen LogP contribution >= 0.6 is 0 Å². The smallest absolute Gasteiger partial charge is 0.0782 e. The van der Waals surface area contributed by atoms with Crippen molar-refractivity contribution in [3.63, 3.8) is 0 Å². The Morgan fingerprint density at radius 3 is 0.804 bits per heavy atom. The highest BCUT2D eigenvalue weighted by Gasteiger charge is 2.51. The Morgan fingerprint density at radius 2 is 0.490 bits per heavy atom. The highest BCUT2D eigenvalue weighted by atomic mass is 15.2. The summed E-state index contributed by atoms with van der Waals surface area (Å²) in [5.74, 6) is 0. The predicted octanol–water partition coefficient (Wildman–Crippen LogP) is 13.0. The van der Waals surface area contributed by atoms with Gasteiger partial charge in [-0.25, -0.2) is 0 Å². The van der Waals surface area contributed by atoms with Gasteiger partial charge >= 0.3 is 0 Å². The normalized spacial score (nSPS) is 13.6. The molecule has 240 valence electrons. The molecular weight excluding hydrogens is 617 g/mol. The summed E-state index contributed by atoms with van der Waals surface area (Å²) in [5.41, 5.74) is 16.4. The molecule has 0 aliphatic carbocycles. The Hall–Kier alpha value is -6.64. The summed E-state index contributed by atoms with van der Waals surface area (Å²) in [6.45, 7) is 0. The van der Waals surface area contributed by atoms with E-state index in [0.29, 0.717) is 0 Å². The lowest BCUT2D eigenvalue weighted by Crippen LogP contribution is -2.41. The van der Waals surface area contributed by atoms with Crippen molar-refractivity contribution in [3.8, 4) is 22.3 Å². The SMILES string of the molecule is c1ccc(-c2ccc(N3c4ccccc4C4(c5ccccc53)c3ccccc3N(c3ccc(-c5ccccc5)cc3)c3ccccc34)cc2)cc1. The zero-order valence-electron chi connectivity index (χ0n) is 28.0. The molecule has 0 saturated heterocycles. The molecule has 1 spiro atoms. The zero-order chi connectivity index (χ0) is 33.8. The fourth-order valence-corrected chi connectivity index (χ4v) is 8.50. The van der Waals surface area contributed by atoms with Gasteiger partial charge in [-0.2, -0.15) is 0 Å². The first-order valence-electron chi connectivity index (χ1n) is 17.6. The van der Waals surface area contributed by atoms with E-state index in [4.69, 9.17) is 0 Å². The first-order valence-corrected chi connectivity index (χ1v) is 17.6. The Kier molecular flexibility index (Phi) is 6.75. The summed E-state index contributed by atoms with van der Waals surface area (Å²) >= 11 is 0. The highest BCUT2D eigenvalue weighted by molar-refractivity contribution is 5.96. The van der Waals surface area contributed by atoms with Gasteiger partial charge in [-0.15, -0.1) is 0 Å². The molecule has 10 rings (SSSR count). The third kappa shape index (κ3) is 4.43. The van der Waals surface area contributed by atoms with Crippen molar-refractivity contribution in [2.24, 2.45) is 0 Å². The second-order valence-corrected chi connectivity index (χ2v) is 13.3. The lowest BCUT2D eigenvalue weighted by molar-refractivity contribution is 0.719. The maximum Gasteiger partial charge on any atom is 0.0782 e. The Morgan fingerprint density at radius 1 is 0.235 bits per heavy atom. The van der Waals surface area contributed by atoms with Crippen LogP contribution < -0.4 is 9.80 Å². The van der Waals surface area contributed by atoms with E-state index in [1.807, 2.05) is 0 Å². The third-order valence-electron chi connectivity index (χ3n) is 10.7. The van der Waals surface area contributed by atoms with E-state index < -0.39 is 5.41 Å². The Bertz CT molecular complexity index is 2240. The Labute approximate surface area is 299 Å². The molecule has 2 aliphatic rings.